The van der Waals surface area contributed by atoms with Crippen LogP contribution in [-0.4, -0.2) is 26.6 Å². The molecular weight excluding hydrogens is 474 g/mol. The van der Waals surface area contributed by atoms with E-state index in [1.165, 1.54) is 10.8 Å². The van der Waals surface area contributed by atoms with Crippen LogP contribution in [0.5, 0.6) is 0 Å². The molecule has 2 N–H and O–H groups in total. The first-order chi connectivity index (χ1) is 15.4. The van der Waals surface area contributed by atoms with Crippen molar-refractivity contribution in [3.05, 3.63) is 65.2 Å². The third-order valence-electron chi connectivity index (χ3n) is 5.94. The first-order valence-electron chi connectivity index (χ1n) is 10.1. The molecule has 33 heavy (non-hydrogen) atoms. The van der Waals surface area contributed by atoms with Crippen molar-refractivity contribution in [1.82, 2.24) is 4.72 Å². The van der Waals surface area contributed by atoms with Crippen LogP contribution < -0.4 is 10.0 Å². The van der Waals surface area contributed by atoms with E-state index in [1.807, 2.05) is 30.3 Å². The summed E-state index contributed by atoms with van der Waals surface area (Å²) in [5.74, 6) is -0.307. The lowest BCUT2D eigenvalue weighted by Gasteiger charge is -2.46. The van der Waals surface area contributed by atoms with E-state index >= 15 is 0 Å². The zero-order valence-corrected chi connectivity index (χ0v) is 17.8. The number of hydrogen-bond donors (Lipinski definition) is 2. The maximum atomic E-state index is 13.3. The molecule has 0 aromatic heterocycles. The maximum Gasteiger partial charge on any atom is 0.511 e. The van der Waals surface area contributed by atoms with Gasteiger partial charge in [-0.1, -0.05) is 30.3 Å². The summed E-state index contributed by atoms with van der Waals surface area (Å²) in [6.45, 7) is -0.636. The molecule has 12 heteroatoms. The first-order valence-corrected chi connectivity index (χ1v) is 11.6. The molecule has 0 bridgehead atoms. The van der Waals surface area contributed by atoms with Gasteiger partial charge in [0.1, 0.15) is 0 Å². The predicted molar refractivity (Wildman–Crippen MR) is 108 cm³/mol. The number of alkyl halides is 6. The highest BCUT2D eigenvalue weighted by atomic mass is 32.2. The Morgan fingerprint density at radius 2 is 1.70 bits per heavy atom. The van der Waals surface area contributed by atoms with Crippen LogP contribution >= 0.6 is 0 Å². The minimum atomic E-state index is -5.56. The number of benzene rings is 2. The Morgan fingerprint density at radius 1 is 1.00 bits per heavy atom. The quantitative estimate of drug-likeness (QED) is 0.578. The monoisotopic (exact) mass is 494 g/mol. The molecule has 180 valence electrons. The Bertz CT molecular complexity index is 1110. The van der Waals surface area contributed by atoms with Gasteiger partial charge in [0.25, 0.3) is 0 Å². The van der Waals surface area contributed by atoms with Crippen LogP contribution in [-0.2, 0) is 20.9 Å². The highest BCUT2D eigenvalue weighted by Gasteiger charge is 2.47. The minimum Gasteiger partial charge on any atom is -0.378 e. The van der Waals surface area contributed by atoms with Crippen LogP contribution in [0.1, 0.15) is 41.7 Å². The van der Waals surface area contributed by atoms with Crippen molar-refractivity contribution in [1.29, 1.82) is 0 Å². The summed E-state index contributed by atoms with van der Waals surface area (Å²) in [5.41, 5.74) is -4.78. The number of nitrogens with one attached hydrogen (secondary N) is 2. The Morgan fingerprint density at radius 3 is 2.33 bits per heavy atom. The van der Waals surface area contributed by atoms with Crippen molar-refractivity contribution in [2.75, 3.05) is 11.9 Å². The number of halogens is 6. The largest absolute Gasteiger partial charge is 0.511 e. The molecule has 0 radical (unpaired) electrons. The van der Waals surface area contributed by atoms with Gasteiger partial charge in [-0.25, -0.2) is 13.1 Å². The van der Waals surface area contributed by atoms with Gasteiger partial charge in [-0.3, -0.25) is 0 Å². The highest BCUT2D eigenvalue weighted by Crippen LogP contribution is 2.51. The molecular formula is C21H20F6N2O3S. The molecule has 2 aliphatic heterocycles. The summed E-state index contributed by atoms with van der Waals surface area (Å²) >= 11 is 0. The van der Waals surface area contributed by atoms with E-state index in [1.54, 1.807) is 0 Å². The van der Waals surface area contributed by atoms with E-state index in [0.29, 0.717) is 12.1 Å². The van der Waals surface area contributed by atoms with Gasteiger partial charge in [0.05, 0.1) is 23.8 Å². The standard InChI is InChI=1S/C21H20F6N2O3S/c22-20(23,24)13-6-9-17-16(10-13)19-15(18(29-17)12-4-2-1-3-5-12)8-7-14(32-19)11-28-33(30,31)21(25,26)27/h1-6,9-10,14-15,18-19,28-29H,7-8,11H2/t14-,15+,18+,19+/m1/s1. The summed E-state index contributed by atoms with van der Waals surface area (Å²) in [6.07, 6.45) is -5.73. The molecule has 1 saturated heterocycles. The Kier molecular flexibility index (Phi) is 6.12. The van der Waals surface area contributed by atoms with E-state index in [2.05, 4.69) is 5.32 Å². The number of hydrogen-bond acceptors (Lipinski definition) is 4. The zero-order valence-electron chi connectivity index (χ0n) is 17.0. The molecule has 0 saturated carbocycles. The molecule has 1 fully saturated rings. The molecule has 0 amide bonds. The van der Waals surface area contributed by atoms with Gasteiger partial charge in [-0.15, -0.1) is 0 Å². The Labute approximate surface area is 186 Å². The fourth-order valence-corrected chi connectivity index (χ4v) is 4.93. The average molecular weight is 494 g/mol. The van der Waals surface area contributed by atoms with Crippen molar-refractivity contribution < 1.29 is 39.5 Å². The van der Waals surface area contributed by atoms with Gasteiger partial charge in [-0.05, 0) is 36.6 Å². The second-order valence-electron chi connectivity index (χ2n) is 8.05. The van der Waals surface area contributed by atoms with Crippen LogP contribution in [0.25, 0.3) is 0 Å². The van der Waals surface area contributed by atoms with Gasteiger partial charge < -0.3 is 10.1 Å². The van der Waals surface area contributed by atoms with Crippen LogP contribution in [0, 0.1) is 5.92 Å². The second kappa shape index (κ2) is 8.48. The SMILES string of the molecule is O=S(=O)(NC[C@H]1CC[C@@H]2[C@H](O1)c1cc(C(F)(F)F)ccc1N[C@H]2c1ccccc1)C(F)(F)F. The number of sulfonamides is 1. The molecule has 2 heterocycles. The lowest BCUT2D eigenvalue weighted by Crippen LogP contribution is -2.45. The summed E-state index contributed by atoms with van der Waals surface area (Å²) in [5, 5.41) is 3.27. The van der Waals surface area contributed by atoms with Gasteiger partial charge in [0.2, 0.25) is 0 Å². The fraction of sp³-hybridized carbons (Fsp3) is 0.429. The topological polar surface area (TPSA) is 67.4 Å². The minimum absolute atomic E-state index is 0.237. The fourth-order valence-electron chi connectivity index (χ4n) is 4.36. The molecule has 2 aromatic rings. The van der Waals surface area contributed by atoms with Gasteiger partial charge >= 0.3 is 21.7 Å². The summed E-state index contributed by atoms with van der Waals surface area (Å²) in [6, 6.07) is 12.2. The second-order valence-corrected chi connectivity index (χ2v) is 9.81. The van der Waals surface area contributed by atoms with E-state index in [0.717, 1.165) is 17.7 Å². The van der Waals surface area contributed by atoms with Crippen molar-refractivity contribution in [2.45, 2.75) is 42.8 Å². The third-order valence-corrected chi connectivity index (χ3v) is 7.10. The lowest BCUT2D eigenvalue weighted by molar-refractivity contribution is -0.138. The third kappa shape index (κ3) is 4.82. The molecule has 0 unspecified atom stereocenters. The molecule has 4 rings (SSSR count). The normalized spacial score (nSPS) is 25.6. The van der Waals surface area contributed by atoms with Gasteiger partial charge in [0.15, 0.2) is 0 Å². The number of ether oxygens (including phenoxy) is 1. The molecule has 0 spiro atoms. The lowest BCUT2D eigenvalue weighted by atomic mass is 9.76. The van der Waals surface area contributed by atoms with Crippen LogP contribution in [0.2, 0.25) is 0 Å². The number of fused-ring (bicyclic) bond motifs is 3. The molecule has 5 nitrogen and oxygen atoms in total. The van der Waals surface area contributed by atoms with E-state index in [-0.39, 0.29) is 23.9 Å². The van der Waals surface area contributed by atoms with Crippen LogP contribution in [0.15, 0.2) is 48.5 Å². The molecule has 2 aromatic carbocycles. The van der Waals surface area contributed by atoms with E-state index < -0.39 is 46.0 Å². The van der Waals surface area contributed by atoms with E-state index in [9.17, 15) is 34.8 Å². The molecule has 2 aliphatic rings. The number of rotatable bonds is 4. The maximum absolute atomic E-state index is 13.3. The van der Waals surface area contributed by atoms with Crippen molar-refractivity contribution in [2.24, 2.45) is 5.92 Å². The smallest absolute Gasteiger partial charge is 0.378 e. The van der Waals surface area contributed by atoms with Gasteiger partial charge in [0, 0.05) is 23.7 Å². The van der Waals surface area contributed by atoms with Crippen molar-refractivity contribution in [3.63, 3.8) is 0 Å². The first kappa shape index (κ1) is 23.8. The van der Waals surface area contributed by atoms with Crippen LogP contribution in [0.4, 0.5) is 32.0 Å². The Hall–Kier alpha value is -2.31. The zero-order chi connectivity index (χ0) is 24.0. The van der Waals surface area contributed by atoms with E-state index in [4.69, 9.17) is 4.74 Å². The average Bonchev–Trinajstić information content (AvgIpc) is 2.76. The summed E-state index contributed by atoms with van der Waals surface area (Å²) in [4.78, 5) is 0. The van der Waals surface area contributed by atoms with Gasteiger partial charge in [-0.2, -0.15) is 26.3 Å². The molecule has 0 aliphatic carbocycles. The van der Waals surface area contributed by atoms with Crippen LogP contribution in [0.3, 0.4) is 0 Å². The van der Waals surface area contributed by atoms with Crippen molar-refractivity contribution in [3.8, 4) is 0 Å². The molecule has 4 atom stereocenters. The number of anilines is 1. The Balaban J connectivity index is 1.65. The summed E-state index contributed by atoms with van der Waals surface area (Å²) < 4.78 is 108. The summed E-state index contributed by atoms with van der Waals surface area (Å²) in [7, 11) is -5.56. The predicted octanol–water partition coefficient (Wildman–Crippen LogP) is 5.15. The van der Waals surface area contributed by atoms with Crippen molar-refractivity contribution >= 4 is 15.7 Å². The highest BCUT2D eigenvalue weighted by molar-refractivity contribution is 7.90.